The number of benzene rings is 2. The molecule has 0 bridgehead atoms. The fourth-order valence-corrected chi connectivity index (χ4v) is 3.09. The highest BCUT2D eigenvalue weighted by molar-refractivity contribution is 5.97. The molecule has 0 radical (unpaired) electrons. The number of hydrogen-bond acceptors (Lipinski definition) is 3. The van der Waals surface area contributed by atoms with Gasteiger partial charge in [-0.3, -0.25) is 14.4 Å². The molecule has 0 aromatic heterocycles. The van der Waals surface area contributed by atoms with Crippen LogP contribution in [-0.2, 0) is 16.1 Å². The van der Waals surface area contributed by atoms with Crippen molar-refractivity contribution in [2.75, 3.05) is 16.8 Å². The highest BCUT2D eigenvalue weighted by Gasteiger charge is 2.21. The number of aryl methyl sites for hydroxylation is 1. The van der Waals surface area contributed by atoms with E-state index in [-0.39, 0.29) is 17.7 Å². The lowest BCUT2D eigenvalue weighted by Gasteiger charge is -2.16. The van der Waals surface area contributed by atoms with Crippen molar-refractivity contribution in [1.29, 1.82) is 0 Å². The molecule has 27 heavy (non-hydrogen) atoms. The largest absolute Gasteiger partial charge is 0.348 e. The van der Waals surface area contributed by atoms with Gasteiger partial charge in [-0.25, -0.2) is 0 Å². The van der Waals surface area contributed by atoms with Crippen LogP contribution in [0.4, 0.5) is 11.4 Å². The standard InChI is InChI=1S/C21H23N3O3/c1-14-5-8-17(12-19(14)23-15(2)25)21(27)22-13-16-6-9-18(10-7-16)24-11-3-4-20(24)26/h5-10,12H,3-4,11,13H2,1-2H3,(H,22,27)(H,23,25). The van der Waals surface area contributed by atoms with E-state index < -0.39 is 0 Å². The molecule has 1 aliphatic heterocycles. The quantitative estimate of drug-likeness (QED) is 0.855. The van der Waals surface area contributed by atoms with Gasteiger partial charge in [0.15, 0.2) is 0 Å². The van der Waals surface area contributed by atoms with Crippen LogP contribution in [0.15, 0.2) is 42.5 Å². The van der Waals surface area contributed by atoms with Crippen LogP contribution in [0.5, 0.6) is 0 Å². The Bertz CT molecular complexity index is 875. The maximum atomic E-state index is 12.4. The van der Waals surface area contributed by atoms with Crippen LogP contribution in [0.25, 0.3) is 0 Å². The molecule has 140 valence electrons. The summed E-state index contributed by atoms with van der Waals surface area (Å²) in [7, 11) is 0. The maximum Gasteiger partial charge on any atom is 0.251 e. The fourth-order valence-electron chi connectivity index (χ4n) is 3.09. The van der Waals surface area contributed by atoms with Crippen LogP contribution in [-0.4, -0.2) is 24.3 Å². The molecule has 1 fully saturated rings. The van der Waals surface area contributed by atoms with Crippen molar-refractivity contribution >= 4 is 29.1 Å². The number of rotatable bonds is 5. The van der Waals surface area contributed by atoms with Crippen molar-refractivity contribution in [1.82, 2.24) is 5.32 Å². The molecule has 0 spiro atoms. The van der Waals surface area contributed by atoms with Gasteiger partial charge in [0, 0.05) is 43.4 Å². The first-order valence-electron chi connectivity index (χ1n) is 9.00. The second-order valence-corrected chi connectivity index (χ2v) is 6.71. The van der Waals surface area contributed by atoms with Gasteiger partial charge in [-0.05, 0) is 48.7 Å². The Morgan fingerprint density at radius 2 is 1.85 bits per heavy atom. The molecule has 2 aromatic rings. The van der Waals surface area contributed by atoms with Gasteiger partial charge in [-0.1, -0.05) is 18.2 Å². The molecule has 6 heteroatoms. The summed E-state index contributed by atoms with van der Waals surface area (Å²) < 4.78 is 0. The summed E-state index contributed by atoms with van der Waals surface area (Å²) in [4.78, 5) is 37.3. The summed E-state index contributed by atoms with van der Waals surface area (Å²) in [6, 6.07) is 12.9. The van der Waals surface area contributed by atoms with Crippen molar-refractivity contribution in [2.45, 2.75) is 33.2 Å². The number of nitrogens with one attached hydrogen (secondary N) is 2. The van der Waals surface area contributed by atoms with Gasteiger partial charge in [0.1, 0.15) is 0 Å². The smallest absolute Gasteiger partial charge is 0.251 e. The minimum atomic E-state index is -0.208. The summed E-state index contributed by atoms with van der Waals surface area (Å²) >= 11 is 0. The van der Waals surface area contributed by atoms with E-state index in [9.17, 15) is 14.4 Å². The predicted molar refractivity (Wildman–Crippen MR) is 105 cm³/mol. The number of amides is 3. The van der Waals surface area contributed by atoms with Crippen molar-refractivity contribution in [2.24, 2.45) is 0 Å². The van der Waals surface area contributed by atoms with Crippen molar-refractivity contribution in [3.63, 3.8) is 0 Å². The zero-order chi connectivity index (χ0) is 19.4. The summed E-state index contributed by atoms with van der Waals surface area (Å²) in [5, 5.41) is 5.61. The van der Waals surface area contributed by atoms with Gasteiger partial charge in [-0.15, -0.1) is 0 Å². The number of nitrogens with zero attached hydrogens (tertiary/aromatic N) is 1. The lowest BCUT2D eigenvalue weighted by molar-refractivity contribution is -0.117. The van der Waals surface area contributed by atoms with E-state index in [4.69, 9.17) is 0 Å². The average molecular weight is 365 g/mol. The first-order chi connectivity index (χ1) is 12.9. The van der Waals surface area contributed by atoms with Crippen LogP contribution in [0.2, 0.25) is 0 Å². The van der Waals surface area contributed by atoms with Gasteiger partial charge in [0.2, 0.25) is 11.8 Å². The van der Waals surface area contributed by atoms with E-state index in [0.29, 0.717) is 24.2 Å². The second kappa shape index (κ2) is 8.03. The molecule has 0 saturated carbocycles. The molecule has 3 rings (SSSR count). The Balaban J connectivity index is 1.62. The van der Waals surface area contributed by atoms with Gasteiger partial charge in [-0.2, -0.15) is 0 Å². The summed E-state index contributed by atoms with van der Waals surface area (Å²) in [5.41, 5.74) is 3.87. The molecule has 1 heterocycles. The van der Waals surface area contributed by atoms with E-state index in [0.717, 1.165) is 29.8 Å². The Morgan fingerprint density at radius 1 is 1.11 bits per heavy atom. The molecule has 0 unspecified atom stereocenters. The SMILES string of the molecule is CC(=O)Nc1cc(C(=O)NCc2ccc(N3CCCC3=O)cc2)ccc1C. The molecular weight excluding hydrogens is 342 g/mol. The first-order valence-corrected chi connectivity index (χ1v) is 9.00. The normalized spacial score (nSPS) is 13.6. The molecule has 3 amide bonds. The van der Waals surface area contributed by atoms with Crippen LogP contribution in [0, 0.1) is 6.92 Å². The van der Waals surface area contributed by atoms with Crippen LogP contribution in [0.3, 0.4) is 0 Å². The molecule has 1 saturated heterocycles. The summed E-state index contributed by atoms with van der Waals surface area (Å²) in [5.74, 6) is -0.224. The number of hydrogen-bond donors (Lipinski definition) is 2. The topological polar surface area (TPSA) is 78.5 Å². The molecular formula is C21H23N3O3. The third-order valence-electron chi connectivity index (χ3n) is 4.58. The van der Waals surface area contributed by atoms with Gasteiger partial charge < -0.3 is 15.5 Å². The lowest BCUT2D eigenvalue weighted by atomic mass is 10.1. The average Bonchev–Trinajstić information content (AvgIpc) is 3.07. The third-order valence-corrected chi connectivity index (χ3v) is 4.58. The zero-order valence-electron chi connectivity index (χ0n) is 15.5. The Morgan fingerprint density at radius 3 is 2.48 bits per heavy atom. The molecule has 0 aliphatic carbocycles. The number of carbonyl (C=O) groups excluding carboxylic acids is 3. The van der Waals surface area contributed by atoms with Crippen molar-refractivity contribution < 1.29 is 14.4 Å². The minimum Gasteiger partial charge on any atom is -0.348 e. The van der Waals surface area contributed by atoms with Gasteiger partial charge in [0.25, 0.3) is 5.91 Å². The van der Waals surface area contributed by atoms with E-state index in [1.54, 1.807) is 17.0 Å². The minimum absolute atomic E-state index is 0.158. The monoisotopic (exact) mass is 365 g/mol. The molecule has 6 nitrogen and oxygen atoms in total. The van der Waals surface area contributed by atoms with Gasteiger partial charge >= 0.3 is 0 Å². The first kappa shape index (κ1) is 18.6. The summed E-state index contributed by atoms with van der Waals surface area (Å²) in [6.07, 6.45) is 1.50. The molecule has 2 N–H and O–H groups in total. The van der Waals surface area contributed by atoms with E-state index in [1.807, 2.05) is 37.3 Å². The predicted octanol–water partition coefficient (Wildman–Crippen LogP) is 3.01. The Kier molecular flexibility index (Phi) is 5.54. The molecule has 2 aromatic carbocycles. The maximum absolute atomic E-state index is 12.4. The second-order valence-electron chi connectivity index (χ2n) is 6.71. The lowest BCUT2D eigenvalue weighted by Crippen LogP contribution is -2.24. The van der Waals surface area contributed by atoms with Crippen LogP contribution >= 0.6 is 0 Å². The van der Waals surface area contributed by atoms with E-state index in [2.05, 4.69) is 10.6 Å². The Hall–Kier alpha value is -3.15. The van der Waals surface area contributed by atoms with Crippen molar-refractivity contribution in [3.05, 3.63) is 59.2 Å². The summed E-state index contributed by atoms with van der Waals surface area (Å²) in [6.45, 7) is 4.46. The van der Waals surface area contributed by atoms with Crippen LogP contribution < -0.4 is 15.5 Å². The Labute approximate surface area is 158 Å². The number of anilines is 2. The van der Waals surface area contributed by atoms with Crippen molar-refractivity contribution in [3.8, 4) is 0 Å². The zero-order valence-corrected chi connectivity index (χ0v) is 15.5. The van der Waals surface area contributed by atoms with E-state index >= 15 is 0 Å². The molecule has 1 aliphatic rings. The highest BCUT2D eigenvalue weighted by atomic mass is 16.2. The third kappa shape index (κ3) is 4.53. The van der Waals surface area contributed by atoms with Gasteiger partial charge in [0.05, 0.1) is 0 Å². The van der Waals surface area contributed by atoms with E-state index in [1.165, 1.54) is 6.92 Å². The highest BCUT2D eigenvalue weighted by Crippen LogP contribution is 2.22. The fraction of sp³-hybridized carbons (Fsp3) is 0.286. The van der Waals surface area contributed by atoms with Crippen LogP contribution in [0.1, 0.15) is 41.3 Å². The number of carbonyl (C=O) groups is 3. The molecule has 0 atom stereocenters.